The molecule has 4 rings (SSSR count). The Labute approximate surface area is 216 Å². The van der Waals surface area contributed by atoms with Gasteiger partial charge in [0, 0.05) is 22.0 Å². The molecule has 8 nitrogen and oxygen atoms in total. The first kappa shape index (κ1) is 25.0. The average Bonchev–Trinajstić information content (AvgIpc) is 3.09. The van der Waals surface area contributed by atoms with Crippen molar-refractivity contribution in [1.29, 1.82) is 0 Å². The Morgan fingerprint density at radius 3 is 2.14 bits per heavy atom. The van der Waals surface area contributed by atoms with Crippen molar-refractivity contribution in [2.24, 2.45) is 0 Å². The lowest BCUT2D eigenvalue weighted by atomic mass is 10.1. The Balaban J connectivity index is 1.47. The van der Waals surface area contributed by atoms with Crippen molar-refractivity contribution in [3.8, 4) is 0 Å². The van der Waals surface area contributed by atoms with Crippen LogP contribution in [-0.4, -0.2) is 30.8 Å². The summed E-state index contributed by atoms with van der Waals surface area (Å²) in [6, 6.07) is 17.3. The molecular formula is C26H19Cl2N3O5. The number of carbonyl (C=O) groups is 4. The van der Waals surface area contributed by atoms with Gasteiger partial charge in [0.2, 0.25) is 0 Å². The predicted octanol–water partition coefficient (Wildman–Crippen LogP) is 5.12. The molecule has 0 unspecified atom stereocenters. The molecule has 0 fully saturated rings. The number of ether oxygens (including phenoxy) is 1. The number of hydrogen-bond donors (Lipinski definition) is 2. The van der Waals surface area contributed by atoms with E-state index in [9.17, 15) is 19.2 Å². The van der Waals surface area contributed by atoms with Crippen LogP contribution >= 0.6 is 23.2 Å². The summed E-state index contributed by atoms with van der Waals surface area (Å²) in [5.41, 5.74) is 2.69. The van der Waals surface area contributed by atoms with E-state index in [2.05, 4.69) is 15.4 Å². The number of anilines is 3. The number of carbonyl (C=O) groups excluding carboxylic acids is 4. The summed E-state index contributed by atoms with van der Waals surface area (Å²) in [6.45, 7) is 1.85. The van der Waals surface area contributed by atoms with E-state index >= 15 is 0 Å². The maximum absolute atomic E-state index is 13.0. The van der Waals surface area contributed by atoms with Crippen molar-refractivity contribution in [1.82, 2.24) is 0 Å². The summed E-state index contributed by atoms with van der Waals surface area (Å²) in [5, 5.41) is 5.89. The lowest BCUT2D eigenvalue weighted by molar-refractivity contribution is -0.120. The third-order valence-corrected chi connectivity index (χ3v) is 6.02. The summed E-state index contributed by atoms with van der Waals surface area (Å²) >= 11 is 12.2. The van der Waals surface area contributed by atoms with Gasteiger partial charge in [0.15, 0.2) is 0 Å². The van der Waals surface area contributed by atoms with Gasteiger partial charge in [-0.05, 0) is 73.2 Å². The van der Waals surface area contributed by atoms with Crippen LogP contribution in [0.3, 0.4) is 0 Å². The second-order valence-electron chi connectivity index (χ2n) is 7.79. The summed E-state index contributed by atoms with van der Waals surface area (Å²) < 4.78 is 4.65. The van der Waals surface area contributed by atoms with Crippen LogP contribution in [0.2, 0.25) is 5.02 Å². The zero-order valence-corrected chi connectivity index (χ0v) is 20.6. The van der Waals surface area contributed by atoms with Gasteiger partial charge in [-0.15, -0.1) is 0 Å². The molecule has 0 radical (unpaired) electrons. The molecular weight excluding hydrogens is 505 g/mol. The molecule has 0 saturated heterocycles. The van der Waals surface area contributed by atoms with E-state index in [0.717, 1.165) is 10.5 Å². The molecule has 0 atom stereocenters. The lowest BCUT2D eigenvalue weighted by Crippen LogP contribution is -2.32. The molecule has 10 heteroatoms. The molecule has 1 aliphatic rings. The van der Waals surface area contributed by atoms with Gasteiger partial charge in [-0.2, -0.15) is 0 Å². The topological polar surface area (TPSA) is 105 Å². The normalized spacial score (nSPS) is 13.2. The summed E-state index contributed by atoms with van der Waals surface area (Å²) in [6.07, 6.45) is 0. The van der Waals surface area contributed by atoms with Crippen molar-refractivity contribution in [2.75, 3.05) is 22.6 Å². The SMILES string of the molecule is COC(=O)c1ccc(N2C(=O)C(Cl)=C(Nc3ccc(C(=O)Nc4cc(Cl)ccc4C)cc3)C2=O)cc1. The zero-order chi connectivity index (χ0) is 26.0. The van der Waals surface area contributed by atoms with Gasteiger partial charge < -0.3 is 15.4 Å². The van der Waals surface area contributed by atoms with Gasteiger partial charge in [-0.1, -0.05) is 29.3 Å². The molecule has 3 aromatic carbocycles. The first-order chi connectivity index (χ1) is 17.2. The van der Waals surface area contributed by atoms with E-state index in [-0.39, 0.29) is 27.9 Å². The van der Waals surface area contributed by atoms with E-state index in [1.807, 2.05) is 6.92 Å². The second-order valence-corrected chi connectivity index (χ2v) is 8.60. The van der Waals surface area contributed by atoms with E-state index in [1.165, 1.54) is 31.4 Å². The zero-order valence-electron chi connectivity index (χ0n) is 19.1. The van der Waals surface area contributed by atoms with Gasteiger partial charge >= 0.3 is 5.97 Å². The first-order valence-corrected chi connectivity index (χ1v) is 11.4. The quantitative estimate of drug-likeness (QED) is 0.343. The number of esters is 1. The molecule has 2 N–H and O–H groups in total. The molecule has 1 heterocycles. The van der Waals surface area contributed by atoms with Crippen LogP contribution in [0.5, 0.6) is 0 Å². The van der Waals surface area contributed by atoms with Gasteiger partial charge in [-0.3, -0.25) is 14.4 Å². The van der Waals surface area contributed by atoms with Crippen LogP contribution in [0.4, 0.5) is 17.1 Å². The third-order valence-electron chi connectivity index (χ3n) is 5.44. The molecule has 0 bridgehead atoms. The second kappa shape index (κ2) is 10.2. The van der Waals surface area contributed by atoms with E-state index in [4.69, 9.17) is 23.2 Å². The van der Waals surface area contributed by atoms with Crippen LogP contribution < -0.4 is 15.5 Å². The minimum Gasteiger partial charge on any atom is -0.465 e. The molecule has 3 aromatic rings. The van der Waals surface area contributed by atoms with Crippen LogP contribution in [0.25, 0.3) is 0 Å². The number of hydrogen-bond acceptors (Lipinski definition) is 6. The summed E-state index contributed by atoms with van der Waals surface area (Å²) in [4.78, 5) is 50.8. The molecule has 36 heavy (non-hydrogen) atoms. The van der Waals surface area contributed by atoms with Crippen molar-refractivity contribution >= 4 is 64.0 Å². The average molecular weight is 524 g/mol. The fourth-order valence-electron chi connectivity index (χ4n) is 3.48. The molecule has 0 spiro atoms. The summed E-state index contributed by atoms with van der Waals surface area (Å²) in [7, 11) is 1.25. The Kier molecular flexibility index (Phi) is 7.10. The number of methoxy groups -OCH3 is 1. The number of benzene rings is 3. The highest BCUT2D eigenvalue weighted by Crippen LogP contribution is 2.30. The molecule has 1 aliphatic heterocycles. The fraction of sp³-hybridized carbons (Fsp3) is 0.0769. The van der Waals surface area contributed by atoms with E-state index < -0.39 is 17.8 Å². The monoisotopic (exact) mass is 523 g/mol. The summed E-state index contributed by atoms with van der Waals surface area (Å²) in [5.74, 6) is -2.24. The molecule has 3 amide bonds. The van der Waals surface area contributed by atoms with Crippen LogP contribution in [0, 0.1) is 6.92 Å². The number of aryl methyl sites for hydroxylation is 1. The standard InChI is InChI=1S/C26H19Cl2N3O5/c1-14-3-8-17(27)13-20(14)30-23(32)15-4-9-18(10-5-15)29-22-21(28)24(33)31(25(22)34)19-11-6-16(7-12-19)26(35)36-2/h3-13,29H,1-2H3,(H,30,32). The molecule has 182 valence electrons. The number of nitrogens with zero attached hydrogens (tertiary/aromatic N) is 1. The Hall–Kier alpha value is -4.14. The molecule has 0 aliphatic carbocycles. The van der Waals surface area contributed by atoms with Crippen molar-refractivity contribution < 1.29 is 23.9 Å². The minimum atomic E-state index is -0.706. The maximum atomic E-state index is 13.0. The smallest absolute Gasteiger partial charge is 0.337 e. The minimum absolute atomic E-state index is 0.106. The van der Waals surface area contributed by atoms with Crippen LogP contribution in [0.1, 0.15) is 26.3 Å². The number of nitrogens with one attached hydrogen (secondary N) is 2. The van der Waals surface area contributed by atoms with Gasteiger partial charge in [0.1, 0.15) is 10.7 Å². The fourth-order valence-corrected chi connectivity index (χ4v) is 3.87. The highest BCUT2D eigenvalue weighted by molar-refractivity contribution is 6.53. The third kappa shape index (κ3) is 4.95. The predicted molar refractivity (Wildman–Crippen MR) is 137 cm³/mol. The van der Waals surface area contributed by atoms with Crippen LogP contribution in [-0.2, 0) is 14.3 Å². The van der Waals surface area contributed by atoms with Crippen LogP contribution in [0.15, 0.2) is 77.5 Å². The van der Waals surface area contributed by atoms with Crippen molar-refractivity contribution in [2.45, 2.75) is 6.92 Å². The van der Waals surface area contributed by atoms with Gasteiger partial charge in [-0.25, -0.2) is 9.69 Å². The Morgan fingerprint density at radius 2 is 1.50 bits per heavy atom. The van der Waals surface area contributed by atoms with Gasteiger partial charge in [0.25, 0.3) is 17.7 Å². The van der Waals surface area contributed by atoms with E-state index in [0.29, 0.717) is 22.0 Å². The number of amides is 3. The lowest BCUT2D eigenvalue weighted by Gasteiger charge is -2.15. The molecule has 0 saturated carbocycles. The number of halogens is 2. The van der Waals surface area contributed by atoms with Gasteiger partial charge in [0.05, 0.1) is 18.4 Å². The first-order valence-electron chi connectivity index (χ1n) is 10.6. The maximum Gasteiger partial charge on any atom is 0.337 e. The van der Waals surface area contributed by atoms with Crippen molar-refractivity contribution in [3.05, 3.63) is 99.2 Å². The Bertz CT molecular complexity index is 1420. The highest BCUT2D eigenvalue weighted by Gasteiger charge is 2.39. The Morgan fingerprint density at radius 1 is 0.861 bits per heavy atom. The molecule has 0 aromatic heterocycles. The number of imide groups is 1. The number of rotatable bonds is 6. The largest absolute Gasteiger partial charge is 0.465 e. The highest BCUT2D eigenvalue weighted by atomic mass is 35.5. The van der Waals surface area contributed by atoms with E-state index in [1.54, 1.807) is 42.5 Å². The van der Waals surface area contributed by atoms with Crippen molar-refractivity contribution in [3.63, 3.8) is 0 Å².